The number of anilines is 2. The zero-order valence-corrected chi connectivity index (χ0v) is 8.24. The first-order valence-electron chi connectivity index (χ1n) is 5.23. The molecule has 3 rings (SSSR count). The van der Waals surface area contributed by atoms with Gasteiger partial charge >= 0.3 is 0 Å². The normalized spacial score (nSPS) is 23.0. The van der Waals surface area contributed by atoms with Gasteiger partial charge in [0.2, 0.25) is 0 Å². The fourth-order valence-electron chi connectivity index (χ4n) is 2.36. The fourth-order valence-corrected chi connectivity index (χ4v) is 2.36. The van der Waals surface area contributed by atoms with Crippen LogP contribution >= 0.6 is 0 Å². The lowest BCUT2D eigenvalue weighted by atomic mass is 10.1. The molecule has 0 unspecified atom stereocenters. The smallest absolute Gasteiger partial charge is 0.0573 e. The van der Waals surface area contributed by atoms with Crippen LogP contribution in [-0.2, 0) is 0 Å². The number of hydrogen-bond acceptors (Lipinski definition) is 3. The number of hydrogen-bond donors (Lipinski definition) is 1. The van der Waals surface area contributed by atoms with Crippen molar-refractivity contribution in [3.8, 4) is 0 Å². The van der Waals surface area contributed by atoms with E-state index in [0.29, 0.717) is 5.41 Å². The van der Waals surface area contributed by atoms with Crippen molar-refractivity contribution in [3.63, 3.8) is 0 Å². The zero-order valence-electron chi connectivity index (χ0n) is 8.24. The summed E-state index contributed by atoms with van der Waals surface area (Å²) in [5, 5.41) is 0. The van der Waals surface area contributed by atoms with E-state index in [1.807, 2.05) is 12.3 Å². The van der Waals surface area contributed by atoms with Gasteiger partial charge in [-0.3, -0.25) is 4.98 Å². The molecule has 74 valence electrons. The van der Waals surface area contributed by atoms with Gasteiger partial charge in [0.1, 0.15) is 0 Å². The van der Waals surface area contributed by atoms with Gasteiger partial charge < -0.3 is 10.6 Å². The maximum atomic E-state index is 5.72. The minimum atomic E-state index is 0.671. The van der Waals surface area contributed by atoms with E-state index in [4.69, 9.17) is 5.73 Å². The van der Waals surface area contributed by atoms with Gasteiger partial charge in [-0.05, 0) is 30.7 Å². The quantitative estimate of drug-likeness (QED) is 0.730. The van der Waals surface area contributed by atoms with Crippen LogP contribution in [-0.4, -0.2) is 18.1 Å². The highest BCUT2D eigenvalue weighted by Crippen LogP contribution is 2.53. The lowest BCUT2D eigenvalue weighted by Gasteiger charge is -2.18. The van der Waals surface area contributed by atoms with E-state index in [9.17, 15) is 0 Å². The minimum Gasteiger partial charge on any atom is -0.397 e. The summed E-state index contributed by atoms with van der Waals surface area (Å²) in [6.07, 6.45) is 7.80. The SMILES string of the molecule is Nc1cncc(N2CCC3(CC3)C2)c1. The summed E-state index contributed by atoms with van der Waals surface area (Å²) in [6, 6.07) is 2.02. The first-order valence-corrected chi connectivity index (χ1v) is 5.23. The molecule has 2 heterocycles. The van der Waals surface area contributed by atoms with Crippen LogP contribution in [0.1, 0.15) is 19.3 Å². The summed E-state index contributed by atoms with van der Waals surface area (Å²) in [4.78, 5) is 6.54. The summed E-state index contributed by atoms with van der Waals surface area (Å²) in [7, 11) is 0. The predicted octanol–water partition coefficient (Wildman–Crippen LogP) is 1.65. The third-order valence-corrected chi connectivity index (χ3v) is 3.51. The predicted molar refractivity (Wildman–Crippen MR) is 57.1 cm³/mol. The van der Waals surface area contributed by atoms with Gasteiger partial charge in [-0.2, -0.15) is 0 Å². The van der Waals surface area contributed by atoms with Gasteiger partial charge in [-0.15, -0.1) is 0 Å². The Bertz CT molecular complexity index is 357. The Morgan fingerprint density at radius 2 is 2.14 bits per heavy atom. The monoisotopic (exact) mass is 189 g/mol. The van der Waals surface area contributed by atoms with E-state index in [0.717, 1.165) is 5.69 Å². The van der Waals surface area contributed by atoms with Crippen LogP contribution in [0.3, 0.4) is 0 Å². The largest absolute Gasteiger partial charge is 0.397 e. The second kappa shape index (κ2) is 2.62. The molecule has 2 aliphatic rings. The van der Waals surface area contributed by atoms with Crippen LogP contribution in [0.25, 0.3) is 0 Å². The Hall–Kier alpha value is -1.25. The Balaban J connectivity index is 1.82. The van der Waals surface area contributed by atoms with Gasteiger partial charge in [-0.1, -0.05) is 0 Å². The molecule has 0 amide bonds. The van der Waals surface area contributed by atoms with E-state index < -0.39 is 0 Å². The third-order valence-electron chi connectivity index (χ3n) is 3.51. The molecule has 1 aliphatic carbocycles. The molecule has 0 radical (unpaired) electrons. The van der Waals surface area contributed by atoms with Crippen LogP contribution in [0.4, 0.5) is 11.4 Å². The molecule has 1 aromatic rings. The van der Waals surface area contributed by atoms with Crippen LogP contribution in [0.15, 0.2) is 18.5 Å². The molecule has 1 aliphatic heterocycles. The van der Waals surface area contributed by atoms with Crippen molar-refractivity contribution < 1.29 is 0 Å². The summed E-state index contributed by atoms with van der Waals surface area (Å²) >= 11 is 0. The number of rotatable bonds is 1. The van der Waals surface area contributed by atoms with E-state index in [1.54, 1.807) is 6.20 Å². The molecule has 3 heteroatoms. The molecule has 1 saturated carbocycles. The first-order chi connectivity index (χ1) is 6.77. The van der Waals surface area contributed by atoms with Crippen molar-refractivity contribution in [3.05, 3.63) is 18.5 Å². The topological polar surface area (TPSA) is 42.1 Å². The van der Waals surface area contributed by atoms with Gasteiger partial charge in [0.25, 0.3) is 0 Å². The molecule has 1 spiro atoms. The van der Waals surface area contributed by atoms with Gasteiger partial charge in [0, 0.05) is 19.3 Å². The highest BCUT2D eigenvalue weighted by atomic mass is 15.2. The van der Waals surface area contributed by atoms with Crippen LogP contribution < -0.4 is 10.6 Å². The lowest BCUT2D eigenvalue weighted by molar-refractivity contribution is 0.581. The van der Waals surface area contributed by atoms with Gasteiger partial charge in [0.15, 0.2) is 0 Å². The summed E-state index contributed by atoms with van der Waals surface area (Å²) < 4.78 is 0. The standard InChI is InChI=1S/C11H15N3/c12-9-5-10(7-13-6-9)14-4-3-11(8-14)1-2-11/h5-7H,1-4,8,12H2. The Kier molecular flexibility index (Phi) is 1.52. The summed E-state index contributed by atoms with van der Waals surface area (Å²) in [5.41, 5.74) is 8.34. The molecule has 0 atom stereocenters. The molecule has 0 aromatic carbocycles. The van der Waals surface area contributed by atoms with E-state index in [2.05, 4.69) is 9.88 Å². The van der Waals surface area contributed by atoms with Gasteiger partial charge in [0.05, 0.1) is 17.6 Å². The highest BCUT2D eigenvalue weighted by Gasteiger charge is 2.47. The molecule has 3 nitrogen and oxygen atoms in total. The first kappa shape index (κ1) is 8.09. The third kappa shape index (κ3) is 1.24. The van der Waals surface area contributed by atoms with Crippen molar-refractivity contribution in [1.82, 2.24) is 4.98 Å². The minimum absolute atomic E-state index is 0.671. The number of nitrogens with two attached hydrogens (primary N) is 1. The van der Waals surface area contributed by atoms with E-state index in [-0.39, 0.29) is 0 Å². The Morgan fingerprint density at radius 3 is 2.79 bits per heavy atom. The summed E-state index contributed by atoms with van der Waals surface area (Å²) in [6.45, 7) is 2.38. The van der Waals surface area contributed by atoms with Crippen molar-refractivity contribution in [2.24, 2.45) is 5.41 Å². The van der Waals surface area contributed by atoms with Crippen molar-refractivity contribution in [2.75, 3.05) is 23.7 Å². The Labute approximate surface area is 83.9 Å². The molecule has 2 fully saturated rings. The van der Waals surface area contributed by atoms with Crippen molar-refractivity contribution in [1.29, 1.82) is 0 Å². The van der Waals surface area contributed by atoms with Crippen molar-refractivity contribution in [2.45, 2.75) is 19.3 Å². The Morgan fingerprint density at radius 1 is 1.29 bits per heavy atom. The molecular weight excluding hydrogens is 174 g/mol. The highest BCUT2D eigenvalue weighted by molar-refractivity contribution is 5.54. The van der Waals surface area contributed by atoms with E-state index in [1.165, 1.54) is 38.0 Å². The second-order valence-electron chi connectivity index (χ2n) is 4.65. The number of aromatic nitrogens is 1. The van der Waals surface area contributed by atoms with E-state index >= 15 is 0 Å². The van der Waals surface area contributed by atoms with Crippen molar-refractivity contribution >= 4 is 11.4 Å². The van der Waals surface area contributed by atoms with Crippen LogP contribution in [0.2, 0.25) is 0 Å². The molecular formula is C11H15N3. The number of nitrogen functional groups attached to an aromatic ring is 1. The zero-order chi connectivity index (χ0) is 9.60. The van der Waals surface area contributed by atoms with Gasteiger partial charge in [-0.25, -0.2) is 0 Å². The molecule has 0 bridgehead atoms. The maximum absolute atomic E-state index is 5.72. The average Bonchev–Trinajstić information content (AvgIpc) is 2.76. The molecule has 14 heavy (non-hydrogen) atoms. The second-order valence-corrected chi connectivity index (χ2v) is 4.65. The van der Waals surface area contributed by atoms with Crippen LogP contribution in [0.5, 0.6) is 0 Å². The summed E-state index contributed by atoms with van der Waals surface area (Å²) in [5.74, 6) is 0. The molecule has 2 N–H and O–H groups in total. The van der Waals surface area contributed by atoms with Crippen LogP contribution in [0, 0.1) is 5.41 Å². The molecule has 1 aromatic heterocycles. The number of nitrogens with zero attached hydrogens (tertiary/aromatic N) is 2. The molecule has 1 saturated heterocycles. The number of pyridine rings is 1. The average molecular weight is 189 g/mol. The lowest BCUT2D eigenvalue weighted by Crippen LogP contribution is -2.20. The maximum Gasteiger partial charge on any atom is 0.0573 e. The fraction of sp³-hybridized carbons (Fsp3) is 0.545.